The number of thiocarbonyl (C=S) groups is 1. The molecule has 1 aliphatic rings. The van der Waals surface area contributed by atoms with Crippen LogP contribution in [0.5, 0.6) is 0 Å². The van der Waals surface area contributed by atoms with Crippen molar-refractivity contribution in [1.82, 2.24) is 10.6 Å². The summed E-state index contributed by atoms with van der Waals surface area (Å²) in [6.07, 6.45) is 3.43. The first-order valence-corrected chi connectivity index (χ1v) is 7.12. The van der Waals surface area contributed by atoms with Gasteiger partial charge in [-0.25, -0.2) is 0 Å². The Morgan fingerprint density at radius 3 is 2.71 bits per heavy atom. The van der Waals surface area contributed by atoms with E-state index in [2.05, 4.69) is 22.5 Å². The largest absolute Gasteiger partial charge is 0.349 e. The van der Waals surface area contributed by atoms with Crippen LogP contribution in [0.4, 0.5) is 5.69 Å². The molecule has 2 rings (SSSR count). The number of hydrogen-bond acceptors (Lipinski definition) is 3. The fourth-order valence-corrected chi connectivity index (χ4v) is 1.97. The quantitative estimate of drug-likeness (QED) is 0.573. The van der Waals surface area contributed by atoms with E-state index in [4.69, 9.17) is 12.2 Å². The zero-order valence-corrected chi connectivity index (χ0v) is 12.3. The van der Waals surface area contributed by atoms with Crippen molar-refractivity contribution in [3.05, 3.63) is 42.5 Å². The lowest BCUT2D eigenvalue weighted by molar-refractivity contribution is -0.120. The number of para-hydroxylation sites is 1. The van der Waals surface area contributed by atoms with Crippen molar-refractivity contribution < 1.29 is 9.59 Å². The van der Waals surface area contributed by atoms with Gasteiger partial charge in [-0.2, -0.15) is 0 Å². The summed E-state index contributed by atoms with van der Waals surface area (Å²) in [4.78, 5) is 23.7. The molecule has 1 aromatic rings. The molecule has 3 N–H and O–H groups in total. The Hall–Kier alpha value is -2.21. The van der Waals surface area contributed by atoms with Gasteiger partial charge >= 0.3 is 0 Å². The molecular formula is C15H17N3O2S. The van der Waals surface area contributed by atoms with E-state index in [-0.39, 0.29) is 22.8 Å². The van der Waals surface area contributed by atoms with Crippen LogP contribution in [0, 0.1) is 5.92 Å². The van der Waals surface area contributed by atoms with Crippen LogP contribution in [0.2, 0.25) is 0 Å². The van der Waals surface area contributed by atoms with E-state index in [0.717, 1.165) is 12.8 Å². The van der Waals surface area contributed by atoms with E-state index in [1.807, 2.05) is 0 Å². The summed E-state index contributed by atoms with van der Waals surface area (Å²) in [6.45, 7) is 3.94. The molecule has 0 atom stereocenters. The summed E-state index contributed by atoms with van der Waals surface area (Å²) in [5.74, 6) is -0.216. The highest BCUT2D eigenvalue weighted by atomic mass is 32.1. The van der Waals surface area contributed by atoms with Crippen molar-refractivity contribution >= 4 is 34.8 Å². The minimum absolute atomic E-state index is 0.0684. The maximum absolute atomic E-state index is 12.0. The molecule has 110 valence electrons. The second-order valence-corrected chi connectivity index (χ2v) is 5.17. The summed E-state index contributed by atoms with van der Waals surface area (Å²) < 4.78 is 0. The van der Waals surface area contributed by atoms with Crippen LogP contribution in [-0.2, 0) is 4.79 Å². The lowest BCUT2D eigenvalue weighted by Gasteiger charge is -2.13. The Morgan fingerprint density at radius 2 is 2.05 bits per heavy atom. The molecule has 1 saturated carbocycles. The van der Waals surface area contributed by atoms with Gasteiger partial charge in [0.2, 0.25) is 5.91 Å². The summed E-state index contributed by atoms with van der Waals surface area (Å²) in [5.41, 5.74) is 1.02. The van der Waals surface area contributed by atoms with Crippen LogP contribution in [0.25, 0.3) is 0 Å². The molecule has 0 heterocycles. The average Bonchev–Trinajstić information content (AvgIpc) is 3.29. The number of carbonyl (C=O) groups is 2. The van der Waals surface area contributed by atoms with Gasteiger partial charge in [0.1, 0.15) is 0 Å². The number of benzene rings is 1. The highest BCUT2D eigenvalue weighted by Gasteiger charge is 2.30. The predicted molar refractivity (Wildman–Crippen MR) is 86.1 cm³/mol. The Labute approximate surface area is 128 Å². The molecule has 5 nitrogen and oxygen atoms in total. The molecule has 6 heteroatoms. The van der Waals surface area contributed by atoms with Crippen LogP contribution < -0.4 is 16.0 Å². The van der Waals surface area contributed by atoms with Crippen molar-refractivity contribution in [1.29, 1.82) is 0 Å². The lowest BCUT2D eigenvalue weighted by Crippen LogP contribution is -2.35. The van der Waals surface area contributed by atoms with Gasteiger partial charge in [-0.1, -0.05) is 18.2 Å². The highest BCUT2D eigenvalue weighted by Crippen LogP contribution is 2.28. The molecule has 0 unspecified atom stereocenters. The maximum atomic E-state index is 12.0. The number of carbonyl (C=O) groups excluding carboxylic acids is 2. The maximum Gasteiger partial charge on any atom is 0.253 e. The molecule has 1 aromatic carbocycles. The summed E-state index contributed by atoms with van der Waals surface area (Å²) in [5, 5.41) is 8.44. The molecule has 0 aromatic heterocycles. The third-order valence-electron chi connectivity index (χ3n) is 3.01. The number of anilines is 1. The van der Waals surface area contributed by atoms with Gasteiger partial charge in [0.25, 0.3) is 5.91 Å². The highest BCUT2D eigenvalue weighted by molar-refractivity contribution is 7.80. The predicted octanol–water partition coefficient (Wildman–Crippen LogP) is 1.83. The fourth-order valence-electron chi connectivity index (χ4n) is 1.76. The number of amides is 2. The Bertz CT molecular complexity index is 582. The standard InChI is InChI=1S/C15H17N3O2S/c1-2-9-16-14(20)11-5-3-4-6-12(11)17-15(21)18-13(19)10-7-8-10/h2-6,10H,1,7-9H2,(H,16,20)(H2,17,18,19,21). The van der Waals surface area contributed by atoms with Gasteiger partial charge < -0.3 is 16.0 Å². The third-order valence-corrected chi connectivity index (χ3v) is 3.22. The summed E-state index contributed by atoms with van der Waals surface area (Å²) >= 11 is 5.10. The minimum atomic E-state index is -0.227. The molecule has 0 spiro atoms. The monoisotopic (exact) mass is 303 g/mol. The van der Waals surface area contributed by atoms with Gasteiger partial charge in [0.05, 0.1) is 11.3 Å². The van der Waals surface area contributed by atoms with E-state index in [0.29, 0.717) is 17.8 Å². The van der Waals surface area contributed by atoms with Crippen LogP contribution >= 0.6 is 12.2 Å². The smallest absolute Gasteiger partial charge is 0.253 e. The molecule has 0 bridgehead atoms. The van der Waals surface area contributed by atoms with Crippen molar-refractivity contribution in [2.24, 2.45) is 5.92 Å². The Balaban J connectivity index is 2.01. The molecule has 1 fully saturated rings. The number of nitrogens with one attached hydrogen (secondary N) is 3. The van der Waals surface area contributed by atoms with Crippen molar-refractivity contribution in [2.75, 3.05) is 11.9 Å². The van der Waals surface area contributed by atoms with Crippen molar-refractivity contribution in [3.63, 3.8) is 0 Å². The van der Waals surface area contributed by atoms with E-state index in [1.54, 1.807) is 30.3 Å². The van der Waals surface area contributed by atoms with Gasteiger partial charge in [0.15, 0.2) is 5.11 Å². The Kier molecular flexibility index (Phi) is 5.05. The SMILES string of the molecule is C=CCNC(=O)c1ccccc1NC(=S)NC(=O)C1CC1. The summed E-state index contributed by atoms with van der Waals surface area (Å²) in [6, 6.07) is 6.97. The first-order chi connectivity index (χ1) is 10.1. The van der Waals surface area contributed by atoms with Crippen LogP contribution in [0.15, 0.2) is 36.9 Å². The molecule has 0 aliphatic heterocycles. The van der Waals surface area contributed by atoms with Gasteiger partial charge in [-0.3, -0.25) is 9.59 Å². The first kappa shape index (κ1) is 15.2. The average molecular weight is 303 g/mol. The molecule has 21 heavy (non-hydrogen) atoms. The van der Waals surface area contributed by atoms with Gasteiger partial charge in [0, 0.05) is 12.5 Å². The van der Waals surface area contributed by atoms with E-state index < -0.39 is 0 Å². The van der Waals surface area contributed by atoms with Crippen molar-refractivity contribution in [3.8, 4) is 0 Å². The second kappa shape index (κ2) is 6.99. The summed E-state index contributed by atoms with van der Waals surface area (Å²) in [7, 11) is 0. The number of rotatable bonds is 5. The number of hydrogen-bond donors (Lipinski definition) is 3. The molecule has 0 radical (unpaired) electrons. The first-order valence-electron chi connectivity index (χ1n) is 6.71. The van der Waals surface area contributed by atoms with Gasteiger partial charge in [-0.05, 0) is 37.2 Å². The van der Waals surface area contributed by atoms with Crippen LogP contribution in [0.1, 0.15) is 23.2 Å². The molecule has 2 amide bonds. The van der Waals surface area contributed by atoms with E-state index >= 15 is 0 Å². The van der Waals surface area contributed by atoms with E-state index in [9.17, 15) is 9.59 Å². The molecular weight excluding hydrogens is 286 g/mol. The van der Waals surface area contributed by atoms with Crippen molar-refractivity contribution in [2.45, 2.75) is 12.8 Å². The second-order valence-electron chi connectivity index (χ2n) is 4.76. The molecule has 0 saturated heterocycles. The fraction of sp³-hybridized carbons (Fsp3) is 0.267. The van der Waals surface area contributed by atoms with Gasteiger partial charge in [-0.15, -0.1) is 6.58 Å². The zero-order valence-electron chi connectivity index (χ0n) is 11.5. The zero-order chi connectivity index (χ0) is 15.2. The molecule has 1 aliphatic carbocycles. The van der Waals surface area contributed by atoms with Crippen LogP contribution in [0.3, 0.4) is 0 Å². The third kappa shape index (κ3) is 4.39. The van der Waals surface area contributed by atoms with E-state index in [1.165, 1.54) is 0 Å². The lowest BCUT2D eigenvalue weighted by atomic mass is 10.1. The normalized spacial score (nSPS) is 13.1. The Morgan fingerprint density at radius 1 is 1.33 bits per heavy atom. The van der Waals surface area contributed by atoms with Crippen LogP contribution in [-0.4, -0.2) is 23.5 Å². The minimum Gasteiger partial charge on any atom is -0.349 e. The topological polar surface area (TPSA) is 70.2 Å².